The van der Waals surface area contributed by atoms with Crippen molar-refractivity contribution in [2.24, 2.45) is 5.73 Å². The molecule has 240 valence electrons. The van der Waals surface area contributed by atoms with Crippen LogP contribution in [0, 0.1) is 12.7 Å². The van der Waals surface area contributed by atoms with Crippen LogP contribution in [0.3, 0.4) is 0 Å². The first-order valence-electron chi connectivity index (χ1n) is 13.8. The van der Waals surface area contributed by atoms with Gasteiger partial charge in [-0.2, -0.15) is 26.3 Å². The Morgan fingerprint density at radius 3 is 2.18 bits per heavy atom. The van der Waals surface area contributed by atoms with E-state index in [-0.39, 0.29) is 44.2 Å². The number of ether oxygens (including phenoxy) is 1. The summed E-state index contributed by atoms with van der Waals surface area (Å²) in [4.78, 5) is 31.0. The van der Waals surface area contributed by atoms with Crippen molar-refractivity contribution < 1.29 is 35.5 Å². The first-order chi connectivity index (χ1) is 20.7. The summed E-state index contributed by atoms with van der Waals surface area (Å²) in [5, 5.41) is 0. The molecular formula is C29H32F7N5O3. The number of aromatic nitrogens is 2. The van der Waals surface area contributed by atoms with E-state index >= 15 is 0 Å². The molecule has 0 amide bonds. The summed E-state index contributed by atoms with van der Waals surface area (Å²) in [6.45, 7) is 0.138. The number of halogens is 7. The highest BCUT2D eigenvalue weighted by molar-refractivity contribution is 5.50. The molecule has 44 heavy (non-hydrogen) atoms. The van der Waals surface area contributed by atoms with Gasteiger partial charge in [0.05, 0.1) is 25.3 Å². The quantitative estimate of drug-likeness (QED) is 0.270. The van der Waals surface area contributed by atoms with Crippen LogP contribution in [0.2, 0.25) is 0 Å². The number of rotatable bonds is 10. The fourth-order valence-electron chi connectivity index (χ4n) is 5.22. The molecule has 1 atom stereocenters. The predicted molar refractivity (Wildman–Crippen MR) is 149 cm³/mol. The summed E-state index contributed by atoms with van der Waals surface area (Å²) in [6, 6.07) is 10.3. The Morgan fingerprint density at radius 1 is 0.909 bits per heavy atom. The molecule has 15 heteroatoms. The molecule has 4 rings (SSSR count). The van der Waals surface area contributed by atoms with Crippen molar-refractivity contribution in [2.75, 3.05) is 50.8 Å². The van der Waals surface area contributed by atoms with E-state index in [0.29, 0.717) is 18.7 Å². The molecule has 0 spiro atoms. The standard InChI is InChI=1S/C29H32F7N5O3/c1-19-25(39-12-10-38(11-13-39)14-15-44-18-28(31,32)33)26(42)41(17-24(37)20-6-3-2-4-7-20)27(43)40(19)16-21-22(29(34,35)36)8-5-9-23(21)30/h2-9,24H,10-18,37H2,1H3/t24-/m1/s1. The number of hydrogen-bond donors (Lipinski definition) is 1. The molecule has 0 unspecified atom stereocenters. The molecule has 0 radical (unpaired) electrons. The highest BCUT2D eigenvalue weighted by Gasteiger charge is 2.35. The molecule has 0 saturated carbocycles. The van der Waals surface area contributed by atoms with E-state index in [1.165, 1.54) is 6.92 Å². The van der Waals surface area contributed by atoms with Crippen LogP contribution in [0.25, 0.3) is 0 Å². The van der Waals surface area contributed by atoms with Gasteiger partial charge in [0.2, 0.25) is 0 Å². The minimum Gasteiger partial charge on any atom is -0.371 e. The number of benzene rings is 2. The molecule has 1 aliphatic rings. The fraction of sp³-hybridized carbons (Fsp3) is 0.448. The Bertz CT molecular complexity index is 1550. The van der Waals surface area contributed by atoms with Gasteiger partial charge in [-0.3, -0.25) is 18.8 Å². The van der Waals surface area contributed by atoms with Gasteiger partial charge in [-0.1, -0.05) is 36.4 Å². The smallest absolute Gasteiger partial charge is 0.371 e. The third-order valence-electron chi connectivity index (χ3n) is 7.51. The molecule has 3 aromatic rings. The van der Waals surface area contributed by atoms with Crippen molar-refractivity contribution in [3.63, 3.8) is 0 Å². The van der Waals surface area contributed by atoms with E-state index in [2.05, 4.69) is 4.74 Å². The van der Waals surface area contributed by atoms with Crippen LogP contribution in [0.5, 0.6) is 0 Å². The highest BCUT2D eigenvalue weighted by atomic mass is 19.4. The first kappa shape index (κ1) is 33.2. The topological polar surface area (TPSA) is 85.7 Å². The van der Waals surface area contributed by atoms with E-state index < -0.39 is 59.7 Å². The van der Waals surface area contributed by atoms with Crippen LogP contribution in [0.15, 0.2) is 58.1 Å². The van der Waals surface area contributed by atoms with Crippen molar-refractivity contribution in [3.8, 4) is 0 Å². The molecule has 0 bridgehead atoms. The number of anilines is 1. The normalized spacial score (nSPS) is 15.5. The predicted octanol–water partition coefficient (Wildman–Crippen LogP) is 3.93. The second-order valence-corrected chi connectivity index (χ2v) is 10.5. The third-order valence-corrected chi connectivity index (χ3v) is 7.51. The number of piperazine rings is 1. The molecule has 2 N–H and O–H groups in total. The minimum absolute atomic E-state index is 0.0442. The lowest BCUT2D eigenvalue weighted by Crippen LogP contribution is -2.52. The van der Waals surface area contributed by atoms with Crippen LogP contribution < -0.4 is 21.9 Å². The van der Waals surface area contributed by atoms with Gasteiger partial charge in [-0.15, -0.1) is 0 Å². The SMILES string of the molecule is Cc1c(N2CCN(CCOCC(F)(F)F)CC2)c(=O)n(C[C@@H](N)c2ccccc2)c(=O)n1Cc1c(F)cccc1C(F)(F)F. The van der Waals surface area contributed by atoms with E-state index in [1.807, 2.05) is 4.90 Å². The van der Waals surface area contributed by atoms with Crippen molar-refractivity contribution in [3.05, 3.63) is 97.6 Å². The van der Waals surface area contributed by atoms with Crippen LogP contribution >= 0.6 is 0 Å². The number of hydrogen-bond acceptors (Lipinski definition) is 6. The lowest BCUT2D eigenvalue weighted by atomic mass is 10.1. The Labute approximate surface area is 248 Å². The maximum Gasteiger partial charge on any atom is 0.416 e. The minimum atomic E-state index is -4.90. The van der Waals surface area contributed by atoms with Gasteiger partial charge < -0.3 is 15.4 Å². The summed E-state index contributed by atoms with van der Waals surface area (Å²) in [5.74, 6) is -1.16. The highest BCUT2D eigenvalue weighted by Crippen LogP contribution is 2.33. The van der Waals surface area contributed by atoms with Crippen molar-refractivity contribution in [1.29, 1.82) is 0 Å². The van der Waals surface area contributed by atoms with Crippen molar-refractivity contribution >= 4 is 5.69 Å². The second kappa shape index (κ2) is 13.5. The fourth-order valence-corrected chi connectivity index (χ4v) is 5.22. The zero-order chi connectivity index (χ0) is 32.2. The second-order valence-electron chi connectivity index (χ2n) is 10.5. The number of nitrogens with two attached hydrogens (primary N) is 1. The average molecular weight is 632 g/mol. The summed E-state index contributed by atoms with van der Waals surface area (Å²) in [7, 11) is 0. The van der Waals surface area contributed by atoms with E-state index in [9.17, 15) is 40.3 Å². The number of nitrogens with zero attached hydrogens (tertiary/aromatic N) is 4. The lowest BCUT2D eigenvalue weighted by molar-refractivity contribution is -0.174. The maximum absolute atomic E-state index is 14.8. The Morgan fingerprint density at radius 2 is 1.57 bits per heavy atom. The van der Waals surface area contributed by atoms with Gasteiger partial charge in [0.15, 0.2) is 0 Å². The van der Waals surface area contributed by atoms with Gasteiger partial charge in [0.1, 0.15) is 18.1 Å². The Balaban J connectivity index is 1.70. The van der Waals surface area contributed by atoms with Crippen LogP contribution in [-0.4, -0.2) is 66.1 Å². The van der Waals surface area contributed by atoms with Crippen LogP contribution in [0.1, 0.15) is 28.4 Å². The van der Waals surface area contributed by atoms with Gasteiger partial charge in [0.25, 0.3) is 5.56 Å². The average Bonchev–Trinajstić information content (AvgIpc) is 2.96. The third kappa shape index (κ3) is 7.87. The zero-order valence-corrected chi connectivity index (χ0v) is 23.8. The maximum atomic E-state index is 14.8. The van der Waals surface area contributed by atoms with Gasteiger partial charge in [-0.05, 0) is 24.6 Å². The van der Waals surface area contributed by atoms with Crippen LogP contribution in [-0.2, 0) is 24.0 Å². The first-order valence-corrected chi connectivity index (χ1v) is 13.8. The Kier molecular flexibility index (Phi) is 10.2. The molecular weight excluding hydrogens is 599 g/mol. The summed E-state index contributed by atoms with van der Waals surface area (Å²) >= 11 is 0. The monoisotopic (exact) mass is 631 g/mol. The van der Waals surface area contributed by atoms with Gasteiger partial charge in [-0.25, -0.2) is 9.18 Å². The molecule has 2 heterocycles. The lowest BCUT2D eigenvalue weighted by Gasteiger charge is -2.36. The summed E-state index contributed by atoms with van der Waals surface area (Å²) < 4.78 is 99.8. The number of alkyl halides is 6. The summed E-state index contributed by atoms with van der Waals surface area (Å²) in [5.41, 5.74) is 3.38. The van der Waals surface area contributed by atoms with E-state index in [4.69, 9.17) is 5.73 Å². The van der Waals surface area contributed by atoms with Crippen LogP contribution in [0.4, 0.5) is 36.4 Å². The molecule has 1 aromatic heterocycles. The van der Waals surface area contributed by atoms with Crippen molar-refractivity contribution in [1.82, 2.24) is 14.0 Å². The zero-order valence-electron chi connectivity index (χ0n) is 23.8. The van der Waals surface area contributed by atoms with E-state index in [0.717, 1.165) is 27.3 Å². The molecule has 0 aliphatic carbocycles. The summed E-state index contributed by atoms with van der Waals surface area (Å²) in [6.07, 6.45) is -9.34. The Hall–Kier alpha value is -3.69. The molecule has 1 saturated heterocycles. The van der Waals surface area contributed by atoms with Gasteiger partial charge in [0, 0.05) is 50.0 Å². The van der Waals surface area contributed by atoms with Crippen molar-refractivity contribution in [2.45, 2.75) is 38.4 Å². The largest absolute Gasteiger partial charge is 0.416 e. The molecule has 1 fully saturated rings. The molecule has 1 aliphatic heterocycles. The van der Waals surface area contributed by atoms with E-state index in [1.54, 1.807) is 35.2 Å². The molecule has 2 aromatic carbocycles. The van der Waals surface area contributed by atoms with Gasteiger partial charge >= 0.3 is 18.0 Å². The molecule has 8 nitrogen and oxygen atoms in total.